The fourth-order valence-corrected chi connectivity index (χ4v) is 5.01. The van der Waals surface area contributed by atoms with Crippen LogP contribution in [-0.4, -0.2) is 57.4 Å². The summed E-state index contributed by atoms with van der Waals surface area (Å²) in [5, 5.41) is 27.4. The normalized spacial score (nSPS) is 12.1. The molecular formula is C32H29N9O. The van der Waals surface area contributed by atoms with E-state index in [1.54, 1.807) is 23.0 Å². The third-order valence-corrected chi connectivity index (χ3v) is 7.36. The summed E-state index contributed by atoms with van der Waals surface area (Å²) in [6.07, 6.45) is 5.39. The molecule has 0 saturated heterocycles. The van der Waals surface area contributed by atoms with Gasteiger partial charge in [-0.1, -0.05) is 68.4 Å². The van der Waals surface area contributed by atoms with Crippen molar-refractivity contribution in [1.82, 2.24) is 44.5 Å². The Morgan fingerprint density at radius 1 is 0.881 bits per heavy atom. The lowest BCUT2D eigenvalue weighted by atomic mass is 9.95. The Kier molecular flexibility index (Phi) is 6.41. The maximum absolute atomic E-state index is 9.52. The van der Waals surface area contributed by atoms with Gasteiger partial charge in [0.2, 0.25) is 11.6 Å². The summed E-state index contributed by atoms with van der Waals surface area (Å²) in [5.41, 5.74) is 6.50. The summed E-state index contributed by atoms with van der Waals surface area (Å²) in [4.78, 5) is 14.0. The average Bonchev–Trinajstić information content (AvgIpc) is 3.66. The largest absolute Gasteiger partial charge is 0.396 e. The Hall–Kier alpha value is -5.06. The van der Waals surface area contributed by atoms with Crippen LogP contribution < -0.4 is 5.32 Å². The number of nitrogens with zero attached hydrogens (tertiary/aromatic N) is 8. The van der Waals surface area contributed by atoms with Crippen LogP contribution in [0.4, 0.5) is 0 Å². The van der Waals surface area contributed by atoms with Gasteiger partial charge >= 0.3 is 0 Å². The van der Waals surface area contributed by atoms with Crippen molar-refractivity contribution in [2.45, 2.75) is 20.4 Å². The molecule has 0 bridgehead atoms. The fourth-order valence-electron chi connectivity index (χ4n) is 5.01. The molecule has 0 unspecified atom stereocenters. The molecule has 0 spiro atoms. The number of benzene rings is 2. The highest BCUT2D eigenvalue weighted by Crippen LogP contribution is 2.35. The molecular weight excluding hydrogens is 526 g/mol. The van der Waals surface area contributed by atoms with E-state index in [0.717, 1.165) is 46.4 Å². The van der Waals surface area contributed by atoms with Crippen LogP contribution in [0.15, 0.2) is 91.4 Å². The van der Waals surface area contributed by atoms with Gasteiger partial charge in [0, 0.05) is 60.2 Å². The standard InChI is InChI=1S/C32H29N9O/c1-32(2,20-42)19-33-18-21-9-11-23(12-10-21)27-24(22-7-4-3-5-8-22)17-25-26(35-27)13-16-40-29(25)37-38-30(40)28-36-31-34-14-6-15-41(31)39-28/h3-17,33,42H,18-20H2,1-2H3. The van der Waals surface area contributed by atoms with Crippen LogP contribution in [0.1, 0.15) is 19.4 Å². The third-order valence-electron chi connectivity index (χ3n) is 7.36. The minimum atomic E-state index is -0.156. The summed E-state index contributed by atoms with van der Waals surface area (Å²) in [5.74, 6) is 1.48. The van der Waals surface area contributed by atoms with Gasteiger partial charge in [0.1, 0.15) is 0 Å². The summed E-state index contributed by atoms with van der Waals surface area (Å²) in [7, 11) is 0. The lowest BCUT2D eigenvalue weighted by Gasteiger charge is -2.22. The number of aliphatic hydroxyl groups excluding tert-OH is 1. The first kappa shape index (κ1) is 25.9. The second-order valence-corrected chi connectivity index (χ2v) is 11.1. The van der Waals surface area contributed by atoms with Crippen molar-refractivity contribution in [2.75, 3.05) is 13.2 Å². The van der Waals surface area contributed by atoms with E-state index in [4.69, 9.17) is 4.98 Å². The second kappa shape index (κ2) is 10.4. The molecule has 0 aliphatic rings. The topological polar surface area (TPSA) is 118 Å². The quantitative estimate of drug-likeness (QED) is 0.274. The number of rotatable bonds is 8. The van der Waals surface area contributed by atoms with Crippen molar-refractivity contribution in [2.24, 2.45) is 5.41 Å². The Morgan fingerprint density at radius 3 is 2.50 bits per heavy atom. The molecule has 7 rings (SSSR count). The van der Waals surface area contributed by atoms with Gasteiger partial charge in [-0.05, 0) is 29.3 Å². The molecule has 0 fully saturated rings. The predicted octanol–water partition coefficient (Wildman–Crippen LogP) is 4.82. The minimum Gasteiger partial charge on any atom is -0.396 e. The van der Waals surface area contributed by atoms with Crippen LogP contribution in [-0.2, 0) is 6.54 Å². The van der Waals surface area contributed by atoms with E-state index in [1.165, 1.54) is 5.56 Å². The van der Waals surface area contributed by atoms with E-state index < -0.39 is 0 Å². The van der Waals surface area contributed by atoms with Gasteiger partial charge in [-0.2, -0.15) is 4.98 Å². The van der Waals surface area contributed by atoms with Crippen LogP contribution in [0.3, 0.4) is 0 Å². The first-order valence-corrected chi connectivity index (χ1v) is 13.8. The van der Waals surface area contributed by atoms with Crippen molar-refractivity contribution >= 4 is 22.3 Å². The molecule has 2 aromatic carbocycles. The Morgan fingerprint density at radius 2 is 1.71 bits per heavy atom. The molecule has 5 aromatic heterocycles. The molecule has 0 aliphatic heterocycles. The minimum absolute atomic E-state index is 0.145. The van der Waals surface area contributed by atoms with Crippen LogP contribution in [0, 0.1) is 5.41 Å². The molecule has 0 radical (unpaired) electrons. The number of hydrogen-bond acceptors (Lipinski definition) is 8. The third kappa shape index (κ3) is 4.76. The monoisotopic (exact) mass is 555 g/mol. The Labute approximate surface area is 241 Å². The molecule has 208 valence electrons. The number of aliphatic hydroxyl groups is 1. The maximum atomic E-state index is 9.52. The van der Waals surface area contributed by atoms with E-state index >= 15 is 0 Å². The maximum Gasteiger partial charge on any atom is 0.252 e. The van der Waals surface area contributed by atoms with Crippen molar-refractivity contribution in [3.63, 3.8) is 0 Å². The van der Waals surface area contributed by atoms with Crippen LogP contribution >= 0.6 is 0 Å². The first-order valence-electron chi connectivity index (χ1n) is 13.8. The van der Waals surface area contributed by atoms with E-state index in [-0.39, 0.29) is 12.0 Å². The van der Waals surface area contributed by atoms with Gasteiger partial charge in [-0.15, -0.1) is 15.3 Å². The van der Waals surface area contributed by atoms with Gasteiger partial charge in [-0.25, -0.2) is 14.5 Å². The first-order chi connectivity index (χ1) is 20.5. The average molecular weight is 556 g/mol. The number of nitrogens with one attached hydrogen (secondary N) is 1. The van der Waals surface area contributed by atoms with Crippen molar-refractivity contribution in [1.29, 1.82) is 0 Å². The SMILES string of the molecule is CC(C)(CO)CNCc1ccc(-c2nc3ccn4c(-c5nc6ncccn6n5)nnc4c3cc2-c2ccccc2)cc1. The number of fused-ring (bicyclic) bond motifs is 4. The lowest BCUT2D eigenvalue weighted by Crippen LogP contribution is -2.31. The van der Waals surface area contributed by atoms with Gasteiger partial charge in [0.25, 0.3) is 5.78 Å². The second-order valence-electron chi connectivity index (χ2n) is 11.1. The van der Waals surface area contributed by atoms with Crippen molar-refractivity contribution < 1.29 is 5.11 Å². The van der Waals surface area contributed by atoms with Crippen LogP contribution in [0.5, 0.6) is 0 Å². The summed E-state index contributed by atoms with van der Waals surface area (Å²) < 4.78 is 3.52. The summed E-state index contributed by atoms with van der Waals surface area (Å²) in [6, 6.07) is 24.7. The lowest BCUT2D eigenvalue weighted by molar-refractivity contribution is 0.156. The Bertz CT molecular complexity index is 2000. The zero-order valence-corrected chi connectivity index (χ0v) is 23.3. The van der Waals surface area contributed by atoms with Crippen molar-refractivity contribution in [3.05, 3.63) is 97.0 Å². The number of hydrogen-bond donors (Lipinski definition) is 2. The molecule has 42 heavy (non-hydrogen) atoms. The molecule has 2 N–H and O–H groups in total. The van der Waals surface area contributed by atoms with Gasteiger partial charge in [0.05, 0.1) is 11.2 Å². The molecule has 10 nitrogen and oxygen atoms in total. The van der Waals surface area contributed by atoms with Crippen LogP contribution in [0.25, 0.3) is 56.4 Å². The zero-order valence-electron chi connectivity index (χ0n) is 23.3. The van der Waals surface area contributed by atoms with Crippen molar-refractivity contribution in [3.8, 4) is 34.0 Å². The van der Waals surface area contributed by atoms with E-state index in [0.29, 0.717) is 23.1 Å². The molecule has 5 heterocycles. The van der Waals surface area contributed by atoms with Gasteiger partial charge < -0.3 is 10.4 Å². The highest BCUT2D eigenvalue weighted by molar-refractivity contribution is 5.98. The molecule has 7 aromatic rings. The van der Waals surface area contributed by atoms with Gasteiger partial charge in [0.15, 0.2) is 5.65 Å². The zero-order chi connectivity index (χ0) is 28.7. The smallest absolute Gasteiger partial charge is 0.252 e. The molecule has 0 amide bonds. The highest BCUT2D eigenvalue weighted by Gasteiger charge is 2.19. The molecule has 0 atom stereocenters. The highest BCUT2D eigenvalue weighted by atomic mass is 16.3. The molecule has 0 aliphatic carbocycles. The van der Waals surface area contributed by atoms with Gasteiger partial charge in [-0.3, -0.25) is 4.40 Å². The molecule has 0 saturated carbocycles. The predicted molar refractivity (Wildman–Crippen MR) is 162 cm³/mol. The summed E-state index contributed by atoms with van der Waals surface area (Å²) >= 11 is 0. The Balaban J connectivity index is 1.30. The number of aromatic nitrogens is 8. The van der Waals surface area contributed by atoms with E-state index in [9.17, 15) is 5.11 Å². The van der Waals surface area contributed by atoms with E-state index in [2.05, 4.69) is 73.0 Å². The van der Waals surface area contributed by atoms with Crippen LogP contribution in [0.2, 0.25) is 0 Å². The fraction of sp³-hybridized carbons (Fsp3) is 0.188. The number of pyridine rings is 2. The van der Waals surface area contributed by atoms with E-state index in [1.807, 2.05) is 48.7 Å². The molecule has 10 heteroatoms. The summed E-state index contributed by atoms with van der Waals surface area (Å²) in [6.45, 7) is 5.69.